The molecule has 2 heterocycles. The lowest BCUT2D eigenvalue weighted by molar-refractivity contribution is -0.155. The molecular weight excluding hydrogens is 288 g/mol. The van der Waals surface area contributed by atoms with E-state index in [-0.39, 0.29) is 24.1 Å². The summed E-state index contributed by atoms with van der Waals surface area (Å²) < 4.78 is 22.1. The van der Waals surface area contributed by atoms with Gasteiger partial charge in [0.15, 0.2) is 12.2 Å². The number of carbonyl (C=O) groups is 2. The Kier molecular flexibility index (Phi) is 6.64. The van der Waals surface area contributed by atoms with E-state index in [0.717, 1.165) is 25.7 Å². The molecule has 2 aliphatic rings. The first-order valence-electron chi connectivity index (χ1n) is 8.27. The molecule has 0 aromatic rings. The number of ether oxygens (including phenoxy) is 4. The van der Waals surface area contributed by atoms with E-state index in [2.05, 4.69) is 0 Å². The smallest absolute Gasteiger partial charge is 0.306 e. The van der Waals surface area contributed by atoms with Crippen LogP contribution in [0.1, 0.15) is 52.4 Å². The summed E-state index contributed by atoms with van der Waals surface area (Å²) in [7, 11) is 0. The molecule has 0 amide bonds. The highest BCUT2D eigenvalue weighted by atomic mass is 16.7. The van der Waals surface area contributed by atoms with Crippen LogP contribution in [-0.2, 0) is 28.5 Å². The maximum atomic E-state index is 11.7. The molecule has 2 rings (SSSR count). The van der Waals surface area contributed by atoms with Gasteiger partial charge in [0, 0.05) is 12.8 Å². The van der Waals surface area contributed by atoms with Crippen LogP contribution < -0.4 is 0 Å². The van der Waals surface area contributed by atoms with Gasteiger partial charge in [0.1, 0.15) is 12.2 Å². The van der Waals surface area contributed by atoms with Gasteiger partial charge in [-0.3, -0.25) is 9.59 Å². The Balaban J connectivity index is 1.78. The predicted octanol–water partition coefficient (Wildman–Crippen LogP) is 1.99. The summed E-state index contributed by atoms with van der Waals surface area (Å²) in [6, 6.07) is 0. The van der Waals surface area contributed by atoms with Gasteiger partial charge in [0.05, 0.1) is 13.2 Å². The maximum absolute atomic E-state index is 11.7. The molecule has 2 fully saturated rings. The molecule has 126 valence electrons. The van der Waals surface area contributed by atoms with Crippen LogP contribution >= 0.6 is 0 Å². The van der Waals surface area contributed by atoms with Crippen molar-refractivity contribution >= 4 is 11.9 Å². The first kappa shape index (κ1) is 17.2. The number of hydrogen-bond acceptors (Lipinski definition) is 6. The molecule has 0 spiro atoms. The maximum Gasteiger partial charge on any atom is 0.306 e. The van der Waals surface area contributed by atoms with Crippen LogP contribution in [0.25, 0.3) is 0 Å². The standard InChI is InChI=1S/C16H26O6/c1-3-5-7-13(17)21-11-9-19-16-12(10-20-15(11)16)22-14(18)8-6-4-2/h11-12,15-16H,3-10H2,1-2H3/t11-,12+,15-,16-/m1/s1. The van der Waals surface area contributed by atoms with Gasteiger partial charge in [-0.1, -0.05) is 26.7 Å². The average molecular weight is 314 g/mol. The first-order chi connectivity index (χ1) is 10.7. The zero-order valence-electron chi connectivity index (χ0n) is 13.4. The van der Waals surface area contributed by atoms with E-state index in [1.807, 2.05) is 13.8 Å². The summed E-state index contributed by atoms with van der Waals surface area (Å²) in [5.74, 6) is -0.439. The van der Waals surface area contributed by atoms with Gasteiger partial charge in [0.25, 0.3) is 0 Å². The van der Waals surface area contributed by atoms with E-state index >= 15 is 0 Å². The number of hydrogen-bond donors (Lipinski definition) is 0. The fourth-order valence-corrected chi connectivity index (χ4v) is 2.73. The zero-order chi connectivity index (χ0) is 15.9. The molecule has 2 aliphatic heterocycles. The first-order valence-corrected chi connectivity index (χ1v) is 8.27. The minimum atomic E-state index is -0.395. The fourth-order valence-electron chi connectivity index (χ4n) is 2.73. The second kappa shape index (κ2) is 8.48. The lowest BCUT2D eigenvalue weighted by Crippen LogP contribution is -2.35. The van der Waals surface area contributed by atoms with Crippen molar-refractivity contribution in [2.75, 3.05) is 13.2 Å². The fraction of sp³-hybridized carbons (Fsp3) is 0.875. The molecule has 0 N–H and O–H groups in total. The molecule has 6 heteroatoms. The lowest BCUT2D eigenvalue weighted by Gasteiger charge is -2.17. The molecule has 0 aliphatic carbocycles. The molecule has 2 saturated heterocycles. The van der Waals surface area contributed by atoms with Crippen LogP contribution in [0.3, 0.4) is 0 Å². The Morgan fingerprint density at radius 1 is 0.864 bits per heavy atom. The normalized spacial score (nSPS) is 30.1. The van der Waals surface area contributed by atoms with Crippen LogP contribution in [0.5, 0.6) is 0 Å². The molecule has 0 aromatic carbocycles. The molecular formula is C16H26O6. The molecule has 22 heavy (non-hydrogen) atoms. The topological polar surface area (TPSA) is 71.1 Å². The Morgan fingerprint density at radius 2 is 1.27 bits per heavy atom. The van der Waals surface area contributed by atoms with Crippen LogP contribution in [0.2, 0.25) is 0 Å². The second-order valence-electron chi connectivity index (χ2n) is 5.86. The Hall–Kier alpha value is -1.14. The zero-order valence-corrected chi connectivity index (χ0v) is 13.4. The Bertz CT molecular complexity index is 347. The average Bonchev–Trinajstić information content (AvgIpc) is 3.07. The van der Waals surface area contributed by atoms with Crippen LogP contribution in [0.4, 0.5) is 0 Å². The summed E-state index contributed by atoms with van der Waals surface area (Å²) in [5.41, 5.74) is 0. The van der Waals surface area contributed by atoms with E-state index in [9.17, 15) is 9.59 Å². The van der Waals surface area contributed by atoms with Gasteiger partial charge >= 0.3 is 11.9 Å². The van der Waals surface area contributed by atoms with Crippen molar-refractivity contribution in [3.63, 3.8) is 0 Å². The number of fused-ring (bicyclic) bond motifs is 1. The number of esters is 2. The minimum Gasteiger partial charge on any atom is -0.457 e. The van der Waals surface area contributed by atoms with Crippen LogP contribution in [0, 0.1) is 0 Å². The summed E-state index contributed by atoms with van der Waals surface area (Å²) in [4.78, 5) is 23.4. The van der Waals surface area contributed by atoms with Crippen LogP contribution in [0.15, 0.2) is 0 Å². The highest BCUT2D eigenvalue weighted by Gasteiger charge is 2.51. The van der Waals surface area contributed by atoms with Gasteiger partial charge in [0.2, 0.25) is 0 Å². The quantitative estimate of drug-likeness (QED) is 0.638. The van der Waals surface area contributed by atoms with Crippen molar-refractivity contribution in [3.8, 4) is 0 Å². The highest BCUT2D eigenvalue weighted by molar-refractivity contribution is 5.70. The van der Waals surface area contributed by atoms with E-state index in [4.69, 9.17) is 18.9 Å². The highest BCUT2D eigenvalue weighted by Crippen LogP contribution is 2.31. The molecule has 4 atom stereocenters. The van der Waals surface area contributed by atoms with Crippen molar-refractivity contribution in [1.29, 1.82) is 0 Å². The molecule has 0 unspecified atom stereocenters. The largest absolute Gasteiger partial charge is 0.457 e. The third-order valence-corrected chi connectivity index (χ3v) is 4.00. The monoisotopic (exact) mass is 314 g/mol. The van der Waals surface area contributed by atoms with Gasteiger partial charge in [-0.05, 0) is 12.8 Å². The van der Waals surface area contributed by atoms with E-state index < -0.39 is 12.2 Å². The molecule has 0 saturated carbocycles. The molecule has 0 bridgehead atoms. The number of unbranched alkanes of at least 4 members (excludes halogenated alkanes) is 2. The van der Waals surface area contributed by atoms with Crippen molar-refractivity contribution in [1.82, 2.24) is 0 Å². The summed E-state index contributed by atoms with van der Waals surface area (Å²) in [6.07, 6.45) is 2.94. The molecule has 6 nitrogen and oxygen atoms in total. The number of rotatable bonds is 8. The minimum absolute atomic E-state index is 0.219. The van der Waals surface area contributed by atoms with Crippen LogP contribution in [-0.4, -0.2) is 49.6 Å². The lowest BCUT2D eigenvalue weighted by atomic mass is 10.1. The summed E-state index contributed by atoms with van der Waals surface area (Å²) >= 11 is 0. The van der Waals surface area contributed by atoms with Crippen molar-refractivity contribution in [2.24, 2.45) is 0 Å². The van der Waals surface area contributed by atoms with Gasteiger partial charge < -0.3 is 18.9 Å². The molecule has 0 aromatic heterocycles. The predicted molar refractivity (Wildman–Crippen MR) is 78.3 cm³/mol. The van der Waals surface area contributed by atoms with Crippen molar-refractivity contribution in [3.05, 3.63) is 0 Å². The third kappa shape index (κ3) is 4.43. The van der Waals surface area contributed by atoms with Gasteiger partial charge in [-0.15, -0.1) is 0 Å². The second-order valence-corrected chi connectivity index (χ2v) is 5.86. The third-order valence-electron chi connectivity index (χ3n) is 4.00. The van der Waals surface area contributed by atoms with Crippen molar-refractivity contribution < 1.29 is 28.5 Å². The summed E-state index contributed by atoms with van der Waals surface area (Å²) in [5, 5.41) is 0. The van der Waals surface area contributed by atoms with Crippen molar-refractivity contribution in [2.45, 2.75) is 76.8 Å². The van der Waals surface area contributed by atoms with E-state index in [1.165, 1.54) is 0 Å². The van der Waals surface area contributed by atoms with E-state index in [0.29, 0.717) is 26.1 Å². The molecule has 0 radical (unpaired) electrons. The summed E-state index contributed by atoms with van der Waals surface area (Å²) in [6.45, 7) is 4.66. The Morgan fingerprint density at radius 3 is 1.64 bits per heavy atom. The van der Waals surface area contributed by atoms with Gasteiger partial charge in [-0.25, -0.2) is 0 Å². The number of carbonyl (C=O) groups excluding carboxylic acids is 2. The van der Waals surface area contributed by atoms with Gasteiger partial charge in [-0.2, -0.15) is 0 Å². The van der Waals surface area contributed by atoms with E-state index in [1.54, 1.807) is 0 Å². The SMILES string of the molecule is CCCCC(=O)O[C@H]1CO[C@H]2[C@@H]1OC[C@H]2OC(=O)CCCC. The Labute approximate surface area is 131 Å².